The predicted molar refractivity (Wildman–Crippen MR) is 75.9 cm³/mol. The molecule has 0 aliphatic rings. The Morgan fingerprint density at radius 3 is 2.67 bits per heavy atom. The van der Waals surface area contributed by atoms with Gasteiger partial charge in [-0.3, -0.25) is 4.72 Å². The van der Waals surface area contributed by atoms with Gasteiger partial charge in [0.15, 0.2) is 5.03 Å². The fourth-order valence-corrected chi connectivity index (χ4v) is 2.64. The van der Waals surface area contributed by atoms with Crippen LogP contribution in [0.4, 0.5) is 10.1 Å². The van der Waals surface area contributed by atoms with Gasteiger partial charge in [-0.25, -0.2) is 9.37 Å². The minimum absolute atomic E-state index is 0.0807. The van der Waals surface area contributed by atoms with E-state index in [-0.39, 0.29) is 23.0 Å². The summed E-state index contributed by atoms with van der Waals surface area (Å²) in [5.74, 6) is -0.447. The maximum atomic E-state index is 13.1. The smallest absolute Gasteiger partial charge is 0.279 e. The fourth-order valence-electron chi connectivity index (χ4n) is 1.64. The molecule has 0 saturated carbocycles. The van der Waals surface area contributed by atoms with Crippen LogP contribution >= 0.6 is 0 Å². The van der Waals surface area contributed by atoms with Crippen LogP contribution in [-0.4, -0.2) is 20.5 Å². The van der Waals surface area contributed by atoms with Gasteiger partial charge in [-0.05, 0) is 23.8 Å². The predicted octanol–water partition coefficient (Wildman–Crippen LogP) is 1.49. The third-order valence-electron chi connectivity index (χ3n) is 2.72. The molecule has 0 unspecified atom stereocenters. The second-order valence-electron chi connectivity index (χ2n) is 4.16. The molecule has 2 rings (SSSR count). The van der Waals surface area contributed by atoms with Gasteiger partial charge in [-0.15, -0.1) is 0 Å². The third kappa shape index (κ3) is 3.47. The Balaban J connectivity index is 2.32. The molecule has 0 saturated heterocycles. The van der Waals surface area contributed by atoms with Gasteiger partial charge in [0.1, 0.15) is 11.6 Å². The van der Waals surface area contributed by atoms with Crippen molar-refractivity contribution in [1.82, 2.24) is 4.98 Å². The van der Waals surface area contributed by atoms with Crippen LogP contribution in [0.1, 0.15) is 5.56 Å². The van der Waals surface area contributed by atoms with Crippen molar-refractivity contribution >= 4 is 15.7 Å². The molecule has 1 aromatic heterocycles. The number of hydrogen-bond donors (Lipinski definition) is 2. The second kappa shape index (κ2) is 6.06. The maximum absolute atomic E-state index is 13.1. The van der Waals surface area contributed by atoms with Crippen molar-refractivity contribution in [2.75, 3.05) is 11.8 Å². The number of aromatic nitrogens is 1. The van der Waals surface area contributed by atoms with Crippen LogP contribution in [0.2, 0.25) is 0 Å². The molecule has 1 heterocycles. The highest BCUT2D eigenvalue weighted by molar-refractivity contribution is 7.92. The van der Waals surface area contributed by atoms with Gasteiger partial charge >= 0.3 is 0 Å². The molecule has 0 radical (unpaired) electrons. The number of nitrogens with two attached hydrogens (primary N) is 1. The Kier molecular flexibility index (Phi) is 4.39. The van der Waals surface area contributed by atoms with Crippen LogP contribution in [0.25, 0.3) is 0 Å². The number of pyridine rings is 1. The average Bonchev–Trinajstić information content (AvgIpc) is 2.49. The zero-order valence-electron chi connectivity index (χ0n) is 11.2. The highest BCUT2D eigenvalue weighted by Crippen LogP contribution is 2.27. The van der Waals surface area contributed by atoms with Gasteiger partial charge in [0.25, 0.3) is 10.0 Å². The molecule has 0 aliphatic carbocycles. The van der Waals surface area contributed by atoms with Crippen LogP contribution in [0, 0.1) is 5.82 Å². The molecule has 8 heteroatoms. The van der Waals surface area contributed by atoms with E-state index in [4.69, 9.17) is 10.5 Å². The number of anilines is 1. The number of nitrogens with one attached hydrogen (secondary N) is 1. The Morgan fingerprint density at radius 1 is 1.33 bits per heavy atom. The largest absolute Gasteiger partial charge is 0.494 e. The summed E-state index contributed by atoms with van der Waals surface area (Å²) in [6, 6.07) is 6.41. The normalized spacial score (nSPS) is 11.2. The number of benzene rings is 1. The third-order valence-corrected chi connectivity index (χ3v) is 4.00. The lowest BCUT2D eigenvalue weighted by Crippen LogP contribution is -2.15. The van der Waals surface area contributed by atoms with E-state index in [1.807, 2.05) is 0 Å². The molecule has 3 N–H and O–H groups in total. The Labute approximate surface area is 121 Å². The molecular formula is C13H14FN3O3S. The zero-order valence-corrected chi connectivity index (χ0v) is 12.0. The Morgan fingerprint density at radius 2 is 2.10 bits per heavy atom. The van der Waals surface area contributed by atoms with E-state index in [2.05, 4.69) is 9.71 Å². The van der Waals surface area contributed by atoms with E-state index in [0.717, 1.165) is 12.1 Å². The summed E-state index contributed by atoms with van der Waals surface area (Å²) in [4.78, 5) is 3.85. The van der Waals surface area contributed by atoms with Gasteiger partial charge in [0.2, 0.25) is 0 Å². The standard InChI is InChI=1S/C13H14FN3O3S/c1-20-12-6-10(14)3-4-11(12)17-21(18,19)13-5-2-9(7-15)8-16-13/h2-6,8,17H,7,15H2,1H3. The summed E-state index contributed by atoms with van der Waals surface area (Å²) in [6.45, 7) is 0.270. The van der Waals surface area contributed by atoms with Gasteiger partial charge in [0, 0.05) is 18.8 Å². The molecule has 6 nitrogen and oxygen atoms in total. The van der Waals surface area contributed by atoms with Crippen LogP contribution < -0.4 is 15.2 Å². The van der Waals surface area contributed by atoms with Gasteiger partial charge in [-0.1, -0.05) is 6.07 Å². The van der Waals surface area contributed by atoms with Crippen LogP contribution in [0.15, 0.2) is 41.6 Å². The molecule has 112 valence electrons. The number of methoxy groups -OCH3 is 1. The summed E-state index contributed by atoms with van der Waals surface area (Å²) in [6.07, 6.45) is 1.39. The van der Waals surface area contributed by atoms with Gasteiger partial charge < -0.3 is 10.5 Å². The zero-order chi connectivity index (χ0) is 15.5. The first-order chi connectivity index (χ1) is 9.96. The Bertz CT molecular complexity index is 733. The Hall–Kier alpha value is -2.19. The topological polar surface area (TPSA) is 94.3 Å². The highest BCUT2D eigenvalue weighted by atomic mass is 32.2. The molecular weight excluding hydrogens is 297 g/mol. The van der Waals surface area contributed by atoms with Crippen LogP contribution in [0.3, 0.4) is 0 Å². The molecule has 0 atom stereocenters. The molecule has 0 spiro atoms. The molecule has 1 aromatic carbocycles. The molecule has 0 amide bonds. The van der Waals surface area contributed by atoms with Gasteiger partial charge in [0.05, 0.1) is 12.8 Å². The summed E-state index contributed by atoms with van der Waals surface area (Å²) in [7, 11) is -2.57. The number of sulfonamides is 1. The second-order valence-corrected chi connectivity index (χ2v) is 5.79. The maximum Gasteiger partial charge on any atom is 0.279 e. The van der Waals surface area contributed by atoms with E-state index in [0.29, 0.717) is 5.56 Å². The van der Waals surface area contributed by atoms with Crippen molar-refractivity contribution in [1.29, 1.82) is 0 Å². The van der Waals surface area contributed by atoms with E-state index in [1.165, 1.54) is 25.4 Å². The number of rotatable bonds is 5. The molecule has 21 heavy (non-hydrogen) atoms. The number of hydrogen-bond acceptors (Lipinski definition) is 5. The lowest BCUT2D eigenvalue weighted by molar-refractivity contribution is 0.413. The minimum atomic E-state index is -3.89. The number of halogens is 1. The van der Waals surface area contributed by atoms with Crippen LogP contribution in [-0.2, 0) is 16.6 Å². The first-order valence-electron chi connectivity index (χ1n) is 5.97. The van der Waals surface area contributed by atoms with Crippen LogP contribution in [0.5, 0.6) is 5.75 Å². The quantitative estimate of drug-likeness (QED) is 0.872. The first-order valence-corrected chi connectivity index (χ1v) is 7.46. The van der Waals surface area contributed by atoms with E-state index < -0.39 is 15.8 Å². The summed E-state index contributed by atoms with van der Waals surface area (Å²) >= 11 is 0. The first kappa shape index (κ1) is 15.2. The lowest BCUT2D eigenvalue weighted by atomic mass is 10.3. The fraction of sp³-hybridized carbons (Fsp3) is 0.154. The van der Waals surface area contributed by atoms with E-state index in [1.54, 1.807) is 6.07 Å². The van der Waals surface area contributed by atoms with Crippen molar-refractivity contribution in [3.8, 4) is 5.75 Å². The van der Waals surface area contributed by atoms with Gasteiger partial charge in [-0.2, -0.15) is 8.42 Å². The number of nitrogens with zero attached hydrogens (tertiary/aromatic N) is 1. The minimum Gasteiger partial charge on any atom is -0.494 e. The number of ether oxygens (including phenoxy) is 1. The average molecular weight is 311 g/mol. The monoisotopic (exact) mass is 311 g/mol. The van der Waals surface area contributed by atoms with E-state index in [9.17, 15) is 12.8 Å². The van der Waals surface area contributed by atoms with Crippen molar-refractivity contribution < 1.29 is 17.5 Å². The summed E-state index contributed by atoms with van der Waals surface area (Å²) in [5.41, 5.74) is 6.27. The molecule has 0 fully saturated rings. The summed E-state index contributed by atoms with van der Waals surface area (Å²) in [5, 5.41) is -0.161. The molecule has 0 aliphatic heterocycles. The van der Waals surface area contributed by atoms with Crippen molar-refractivity contribution in [3.63, 3.8) is 0 Å². The lowest BCUT2D eigenvalue weighted by Gasteiger charge is -2.11. The van der Waals surface area contributed by atoms with E-state index >= 15 is 0 Å². The van der Waals surface area contributed by atoms with Crippen molar-refractivity contribution in [2.45, 2.75) is 11.6 Å². The van der Waals surface area contributed by atoms with Crippen molar-refractivity contribution in [3.05, 3.63) is 47.9 Å². The van der Waals surface area contributed by atoms with Crippen molar-refractivity contribution in [2.24, 2.45) is 5.73 Å². The molecule has 2 aromatic rings. The molecule has 0 bridgehead atoms. The SMILES string of the molecule is COc1cc(F)ccc1NS(=O)(=O)c1ccc(CN)cn1. The highest BCUT2D eigenvalue weighted by Gasteiger charge is 2.18. The summed E-state index contributed by atoms with van der Waals surface area (Å²) < 4.78 is 44.7.